The van der Waals surface area contributed by atoms with Crippen molar-refractivity contribution in [3.8, 4) is 5.75 Å². The van der Waals surface area contributed by atoms with E-state index in [4.69, 9.17) is 4.74 Å². The van der Waals surface area contributed by atoms with Gasteiger partial charge in [-0.25, -0.2) is 0 Å². The second-order valence-corrected chi connectivity index (χ2v) is 5.37. The lowest BCUT2D eigenvalue weighted by Gasteiger charge is -2.11. The van der Waals surface area contributed by atoms with E-state index in [2.05, 4.69) is 12.2 Å². The third-order valence-corrected chi connectivity index (χ3v) is 3.43. The molecule has 1 amide bonds. The number of para-hydroxylation sites is 2. The quantitative estimate of drug-likeness (QED) is 0.334. The van der Waals surface area contributed by atoms with Crippen molar-refractivity contribution < 1.29 is 14.5 Å². The highest BCUT2D eigenvalue weighted by Gasteiger charge is 2.06. The topological polar surface area (TPSA) is 81.5 Å². The van der Waals surface area contributed by atoms with E-state index in [1.165, 1.54) is 18.2 Å². The summed E-state index contributed by atoms with van der Waals surface area (Å²) in [4.78, 5) is 22.2. The molecule has 25 heavy (non-hydrogen) atoms. The molecule has 6 nitrogen and oxygen atoms in total. The molecule has 2 aromatic rings. The van der Waals surface area contributed by atoms with Gasteiger partial charge < -0.3 is 10.1 Å². The highest BCUT2D eigenvalue weighted by atomic mass is 16.6. The number of amides is 1. The van der Waals surface area contributed by atoms with Gasteiger partial charge in [-0.3, -0.25) is 14.9 Å². The Kier molecular flexibility index (Phi) is 6.71. The van der Waals surface area contributed by atoms with Gasteiger partial charge in [0.25, 0.3) is 5.69 Å². The van der Waals surface area contributed by atoms with Crippen LogP contribution in [-0.2, 0) is 4.79 Å². The minimum absolute atomic E-state index is 0.0137. The predicted molar refractivity (Wildman–Crippen MR) is 97.6 cm³/mol. The third kappa shape index (κ3) is 5.76. The third-order valence-electron chi connectivity index (χ3n) is 3.43. The first kappa shape index (κ1) is 18.2. The van der Waals surface area contributed by atoms with Crippen LogP contribution in [-0.4, -0.2) is 17.4 Å². The van der Waals surface area contributed by atoms with Crippen molar-refractivity contribution in [2.75, 3.05) is 11.9 Å². The van der Waals surface area contributed by atoms with Crippen molar-refractivity contribution in [2.45, 2.75) is 19.8 Å². The molecule has 2 aromatic carbocycles. The zero-order valence-electron chi connectivity index (χ0n) is 14.0. The maximum Gasteiger partial charge on any atom is 0.269 e. The van der Waals surface area contributed by atoms with Gasteiger partial charge in [0.05, 0.1) is 17.2 Å². The Labute approximate surface area is 146 Å². The van der Waals surface area contributed by atoms with E-state index in [9.17, 15) is 14.9 Å². The average molecular weight is 340 g/mol. The van der Waals surface area contributed by atoms with Gasteiger partial charge in [0, 0.05) is 18.2 Å². The molecular formula is C19H20N2O4. The van der Waals surface area contributed by atoms with Crippen molar-refractivity contribution >= 4 is 23.4 Å². The number of rotatable bonds is 8. The van der Waals surface area contributed by atoms with Crippen molar-refractivity contribution in [3.63, 3.8) is 0 Å². The molecule has 0 atom stereocenters. The van der Waals surface area contributed by atoms with E-state index in [0.29, 0.717) is 23.6 Å². The molecule has 0 radical (unpaired) electrons. The summed E-state index contributed by atoms with van der Waals surface area (Å²) in [5.74, 6) is 0.331. The zero-order valence-corrected chi connectivity index (χ0v) is 14.0. The summed E-state index contributed by atoms with van der Waals surface area (Å²) < 4.78 is 5.67. The molecular weight excluding hydrogens is 320 g/mol. The second kappa shape index (κ2) is 9.22. The first-order valence-electron chi connectivity index (χ1n) is 8.05. The van der Waals surface area contributed by atoms with Gasteiger partial charge in [-0.1, -0.05) is 25.5 Å². The highest BCUT2D eigenvalue weighted by molar-refractivity contribution is 6.02. The van der Waals surface area contributed by atoms with E-state index >= 15 is 0 Å². The summed E-state index contributed by atoms with van der Waals surface area (Å²) in [6.45, 7) is 2.68. The molecule has 0 aliphatic rings. The maximum atomic E-state index is 12.1. The second-order valence-electron chi connectivity index (χ2n) is 5.37. The van der Waals surface area contributed by atoms with Crippen molar-refractivity contribution in [3.05, 3.63) is 70.3 Å². The summed E-state index contributed by atoms with van der Waals surface area (Å²) >= 11 is 0. The van der Waals surface area contributed by atoms with Crippen LogP contribution in [0, 0.1) is 10.1 Å². The number of nitro groups is 1. The monoisotopic (exact) mass is 340 g/mol. The fraction of sp³-hybridized carbons (Fsp3) is 0.211. The van der Waals surface area contributed by atoms with E-state index in [-0.39, 0.29) is 11.6 Å². The van der Waals surface area contributed by atoms with Crippen LogP contribution >= 0.6 is 0 Å². The summed E-state index contributed by atoms with van der Waals surface area (Å²) in [6.07, 6.45) is 4.96. The number of nitrogens with one attached hydrogen (secondary N) is 1. The number of hydrogen-bond acceptors (Lipinski definition) is 4. The molecule has 130 valence electrons. The molecule has 0 aliphatic carbocycles. The van der Waals surface area contributed by atoms with Crippen LogP contribution in [0.5, 0.6) is 5.75 Å². The average Bonchev–Trinajstić information content (AvgIpc) is 2.62. The number of non-ortho nitro benzene ring substituents is 1. The van der Waals surface area contributed by atoms with Gasteiger partial charge >= 0.3 is 0 Å². The number of hydrogen-bond donors (Lipinski definition) is 1. The Morgan fingerprint density at radius 3 is 2.60 bits per heavy atom. The lowest BCUT2D eigenvalue weighted by Crippen LogP contribution is -2.09. The maximum absolute atomic E-state index is 12.1. The van der Waals surface area contributed by atoms with Crippen molar-refractivity contribution in [1.29, 1.82) is 0 Å². The lowest BCUT2D eigenvalue weighted by atomic mass is 10.2. The van der Waals surface area contributed by atoms with E-state index in [1.807, 2.05) is 18.2 Å². The summed E-state index contributed by atoms with van der Waals surface area (Å²) in [6, 6.07) is 13.2. The predicted octanol–water partition coefficient (Wildman–Crippen LogP) is 4.43. The molecule has 1 N–H and O–H groups in total. The van der Waals surface area contributed by atoms with Crippen LogP contribution in [0.15, 0.2) is 54.6 Å². The van der Waals surface area contributed by atoms with Gasteiger partial charge in [0.1, 0.15) is 5.75 Å². The standard InChI is InChI=1S/C19H20N2O4/c1-2-3-14-25-18-7-5-4-6-17(18)20-19(22)13-10-15-8-11-16(12-9-15)21(23)24/h4-13H,2-3,14H2,1H3,(H,20,22). The largest absolute Gasteiger partial charge is 0.491 e. The van der Waals surface area contributed by atoms with Crippen molar-refractivity contribution in [2.24, 2.45) is 0 Å². The van der Waals surface area contributed by atoms with Crippen LogP contribution in [0.25, 0.3) is 6.08 Å². The normalized spacial score (nSPS) is 10.6. The fourth-order valence-electron chi connectivity index (χ4n) is 2.08. The van der Waals surface area contributed by atoms with E-state index < -0.39 is 4.92 Å². The number of nitro benzene ring substituents is 1. The van der Waals surface area contributed by atoms with Gasteiger partial charge in [-0.2, -0.15) is 0 Å². The fourth-order valence-corrected chi connectivity index (χ4v) is 2.08. The Bertz CT molecular complexity index is 754. The number of ether oxygens (including phenoxy) is 1. The Morgan fingerprint density at radius 2 is 1.92 bits per heavy atom. The number of unbranched alkanes of at least 4 members (excludes halogenated alkanes) is 1. The Balaban J connectivity index is 1.98. The number of carbonyl (C=O) groups is 1. The van der Waals surface area contributed by atoms with Gasteiger partial charge in [-0.15, -0.1) is 0 Å². The van der Waals surface area contributed by atoms with Crippen LogP contribution in [0.3, 0.4) is 0 Å². The number of carbonyl (C=O) groups excluding carboxylic acids is 1. The number of benzene rings is 2. The first-order valence-corrected chi connectivity index (χ1v) is 8.05. The molecule has 0 unspecified atom stereocenters. The lowest BCUT2D eigenvalue weighted by molar-refractivity contribution is -0.384. The van der Waals surface area contributed by atoms with E-state index in [0.717, 1.165) is 12.8 Å². The molecule has 0 aromatic heterocycles. The summed E-state index contributed by atoms with van der Waals surface area (Å²) in [5.41, 5.74) is 1.32. The van der Waals surface area contributed by atoms with E-state index in [1.54, 1.807) is 24.3 Å². The molecule has 0 aliphatic heterocycles. The minimum Gasteiger partial charge on any atom is -0.491 e. The van der Waals surface area contributed by atoms with Crippen LogP contribution in [0.4, 0.5) is 11.4 Å². The van der Waals surface area contributed by atoms with Crippen LogP contribution < -0.4 is 10.1 Å². The minimum atomic E-state index is -0.463. The number of nitrogens with zero attached hydrogens (tertiary/aromatic N) is 1. The number of anilines is 1. The molecule has 6 heteroatoms. The Hall–Kier alpha value is -3.15. The van der Waals surface area contributed by atoms with Crippen LogP contribution in [0.1, 0.15) is 25.3 Å². The molecule has 0 fully saturated rings. The Morgan fingerprint density at radius 1 is 1.20 bits per heavy atom. The van der Waals surface area contributed by atoms with Gasteiger partial charge in [-0.05, 0) is 42.3 Å². The first-order chi connectivity index (χ1) is 12.1. The van der Waals surface area contributed by atoms with Gasteiger partial charge in [0.2, 0.25) is 5.91 Å². The molecule has 0 saturated heterocycles. The summed E-state index contributed by atoms with van der Waals surface area (Å²) in [5, 5.41) is 13.4. The summed E-state index contributed by atoms with van der Waals surface area (Å²) in [7, 11) is 0. The van der Waals surface area contributed by atoms with Crippen LogP contribution in [0.2, 0.25) is 0 Å². The van der Waals surface area contributed by atoms with Crippen molar-refractivity contribution in [1.82, 2.24) is 0 Å². The smallest absolute Gasteiger partial charge is 0.269 e. The molecule has 0 spiro atoms. The van der Waals surface area contributed by atoms with Gasteiger partial charge in [0.15, 0.2) is 0 Å². The molecule has 0 heterocycles. The SMILES string of the molecule is CCCCOc1ccccc1NC(=O)C=Cc1ccc([N+](=O)[O-])cc1. The molecule has 0 saturated carbocycles. The molecule has 2 rings (SSSR count). The molecule has 0 bridgehead atoms. The zero-order chi connectivity index (χ0) is 18.1. The highest BCUT2D eigenvalue weighted by Crippen LogP contribution is 2.24.